The van der Waals surface area contributed by atoms with E-state index in [9.17, 15) is 14.7 Å². The van der Waals surface area contributed by atoms with Gasteiger partial charge in [-0.15, -0.1) is 0 Å². The molecule has 26 heavy (non-hydrogen) atoms. The van der Waals surface area contributed by atoms with Crippen molar-refractivity contribution in [1.82, 2.24) is 5.32 Å². The Morgan fingerprint density at radius 1 is 0.962 bits per heavy atom. The zero-order valence-electron chi connectivity index (χ0n) is 14.8. The van der Waals surface area contributed by atoms with Gasteiger partial charge in [0.15, 0.2) is 11.5 Å². The number of carboxylic acid groups (broad SMARTS) is 1. The highest BCUT2D eigenvalue weighted by molar-refractivity contribution is 5.95. The number of methoxy groups -OCH3 is 3. The van der Waals surface area contributed by atoms with Crippen molar-refractivity contribution in [3.05, 3.63) is 53.6 Å². The standard InChI is InChI=1S/C19H21NO6/c1-24-14-7-4-12(5-8-14)15(11-18(21)22)20-19(23)13-6-9-16(25-2)17(10-13)26-3/h4-10,15H,11H2,1-3H3,(H,20,23)(H,21,22)/p-1/t15-/m1/s1. The molecule has 0 saturated heterocycles. The van der Waals surface area contributed by atoms with Crippen molar-refractivity contribution in [2.45, 2.75) is 12.5 Å². The largest absolute Gasteiger partial charge is 0.550 e. The van der Waals surface area contributed by atoms with Crippen LogP contribution in [-0.4, -0.2) is 33.2 Å². The Bertz CT molecular complexity index is 772. The molecule has 0 heterocycles. The van der Waals surface area contributed by atoms with Crippen LogP contribution >= 0.6 is 0 Å². The summed E-state index contributed by atoms with van der Waals surface area (Å²) in [6.45, 7) is 0. The van der Waals surface area contributed by atoms with Crippen LogP contribution in [0.5, 0.6) is 17.2 Å². The Kier molecular flexibility index (Phi) is 6.43. The number of ether oxygens (including phenoxy) is 3. The van der Waals surface area contributed by atoms with Crippen LogP contribution in [0.25, 0.3) is 0 Å². The van der Waals surface area contributed by atoms with Crippen LogP contribution in [-0.2, 0) is 4.79 Å². The smallest absolute Gasteiger partial charge is 0.251 e. The first-order valence-electron chi connectivity index (χ1n) is 7.85. The van der Waals surface area contributed by atoms with Gasteiger partial charge in [0, 0.05) is 18.0 Å². The zero-order chi connectivity index (χ0) is 19.1. The minimum atomic E-state index is -1.27. The van der Waals surface area contributed by atoms with Crippen molar-refractivity contribution in [2.75, 3.05) is 21.3 Å². The lowest BCUT2D eigenvalue weighted by Crippen LogP contribution is -2.34. The Morgan fingerprint density at radius 2 is 1.62 bits per heavy atom. The van der Waals surface area contributed by atoms with Gasteiger partial charge in [0.1, 0.15) is 5.75 Å². The number of amides is 1. The fourth-order valence-corrected chi connectivity index (χ4v) is 2.47. The summed E-state index contributed by atoms with van der Waals surface area (Å²) in [7, 11) is 4.50. The molecule has 0 fully saturated rings. The van der Waals surface area contributed by atoms with E-state index in [0.29, 0.717) is 28.4 Å². The molecule has 0 aliphatic heterocycles. The van der Waals surface area contributed by atoms with Crippen LogP contribution in [0, 0.1) is 0 Å². The second kappa shape index (κ2) is 8.75. The molecule has 0 saturated carbocycles. The van der Waals surface area contributed by atoms with Crippen molar-refractivity contribution >= 4 is 11.9 Å². The van der Waals surface area contributed by atoms with E-state index in [4.69, 9.17) is 14.2 Å². The summed E-state index contributed by atoms with van der Waals surface area (Å²) in [4.78, 5) is 23.6. The molecule has 0 aliphatic carbocycles. The van der Waals surface area contributed by atoms with E-state index in [2.05, 4.69) is 5.32 Å². The minimum Gasteiger partial charge on any atom is -0.550 e. The molecule has 1 N–H and O–H groups in total. The maximum Gasteiger partial charge on any atom is 0.251 e. The summed E-state index contributed by atoms with van der Waals surface area (Å²) in [5.74, 6) is -0.176. The zero-order valence-corrected chi connectivity index (χ0v) is 14.8. The van der Waals surface area contributed by atoms with Crippen molar-refractivity contribution in [3.8, 4) is 17.2 Å². The number of nitrogens with one attached hydrogen (secondary N) is 1. The van der Waals surface area contributed by atoms with E-state index in [-0.39, 0.29) is 6.42 Å². The van der Waals surface area contributed by atoms with Crippen LogP contribution in [0.15, 0.2) is 42.5 Å². The molecule has 0 unspecified atom stereocenters. The van der Waals surface area contributed by atoms with Gasteiger partial charge >= 0.3 is 0 Å². The summed E-state index contributed by atoms with van der Waals surface area (Å²) < 4.78 is 15.4. The van der Waals surface area contributed by atoms with Gasteiger partial charge in [-0.2, -0.15) is 0 Å². The lowest BCUT2D eigenvalue weighted by Gasteiger charge is -2.20. The Hall–Kier alpha value is -3.22. The van der Waals surface area contributed by atoms with Gasteiger partial charge < -0.3 is 29.4 Å². The Morgan fingerprint density at radius 3 is 2.15 bits per heavy atom. The summed E-state index contributed by atoms with van der Waals surface area (Å²) in [5.41, 5.74) is 0.948. The first kappa shape index (κ1) is 19.1. The highest BCUT2D eigenvalue weighted by atomic mass is 16.5. The fraction of sp³-hybridized carbons (Fsp3) is 0.263. The Balaban J connectivity index is 2.24. The van der Waals surface area contributed by atoms with Gasteiger partial charge in [-0.3, -0.25) is 4.79 Å². The molecular weight excluding hydrogens is 338 g/mol. The predicted molar refractivity (Wildman–Crippen MR) is 92.4 cm³/mol. The molecule has 2 aromatic carbocycles. The third kappa shape index (κ3) is 4.66. The molecule has 0 aromatic heterocycles. The number of carboxylic acids is 1. The van der Waals surface area contributed by atoms with Crippen molar-refractivity contribution < 1.29 is 28.9 Å². The van der Waals surface area contributed by atoms with Crippen LogP contribution < -0.4 is 24.6 Å². The van der Waals surface area contributed by atoms with E-state index in [0.717, 1.165) is 0 Å². The molecule has 138 valence electrons. The minimum absolute atomic E-state index is 0.319. The van der Waals surface area contributed by atoms with E-state index in [1.165, 1.54) is 27.4 Å². The topological polar surface area (TPSA) is 96.9 Å². The SMILES string of the molecule is COc1ccc([C@@H](CC(=O)[O-])NC(=O)c2ccc(OC)c(OC)c2)cc1. The third-order valence-corrected chi connectivity index (χ3v) is 3.84. The molecule has 0 spiro atoms. The Labute approximate surface area is 151 Å². The van der Waals surface area contributed by atoms with Gasteiger partial charge in [0.05, 0.1) is 27.4 Å². The molecule has 0 aliphatic rings. The van der Waals surface area contributed by atoms with Crippen molar-refractivity contribution in [2.24, 2.45) is 0 Å². The number of rotatable bonds is 8. The summed E-state index contributed by atoms with van der Waals surface area (Å²) in [6, 6.07) is 10.7. The highest BCUT2D eigenvalue weighted by Crippen LogP contribution is 2.28. The molecule has 1 amide bonds. The predicted octanol–water partition coefficient (Wildman–Crippen LogP) is 1.32. The maximum absolute atomic E-state index is 12.6. The monoisotopic (exact) mass is 358 g/mol. The molecule has 2 rings (SSSR count). The summed E-state index contributed by atoms with van der Waals surface area (Å²) >= 11 is 0. The number of benzene rings is 2. The van der Waals surface area contributed by atoms with Crippen LogP contribution in [0.4, 0.5) is 0 Å². The van der Waals surface area contributed by atoms with E-state index in [1.54, 1.807) is 36.4 Å². The molecule has 7 nitrogen and oxygen atoms in total. The van der Waals surface area contributed by atoms with Gasteiger partial charge in [0.2, 0.25) is 0 Å². The lowest BCUT2D eigenvalue weighted by atomic mass is 10.0. The van der Waals surface area contributed by atoms with Crippen LogP contribution in [0.3, 0.4) is 0 Å². The number of carbonyl (C=O) groups excluding carboxylic acids is 2. The normalized spacial score (nSPS) is 11.3. The quantitative estimate of drug-likeness (QED) is 0.764. The number of carbonyl (C=O) groups is 2. The average Bonchev–Trinajstić information content (AvgIpc) is 2.66. The lowest BCUT2D eigenvalue weighted by molar-refractivity contribution is -0.306. The molecule has 2 aromatic rings. The molecular formula is C19H20NO6-. The van der Waals surface area contributed by atoms with Gasteiger partial charge in [-0.05, 0) is 35.9 Å². The molecule has 0 radical (unpaired) electrons. The van der Waals surface area contributed by atoms with Gasteiger partial charge in [-0.1, -0.05) is 12.1 Å². The highest BCUT2D eigenvalue weighted by Gasteiger charge is 2.18. The first-order valence-corrected chi connectivity index (χ1v) is 7.85. The number of hydrogen-bond acceptors (Lipinski definition) is 6. The average molecular weight is 358 g/mol. The van der Waals surface area contributed by atoms with Crippen LogP contribution in [0.2, 0.25) is 0 Å². The fourth-order valence-electron chi connectivity index (χ4n) is 2.47. The van der Waals surface area contributed by atoms with Crippen molar-refractivity contribution in [3.63, 3.8) is 0 Å². The van der Waals surface area contributed by atoms with E-state index < -0.39 is 17.9 Å². The molecule has 1 atom stereocenters. The summed E-state index contributed by atoms with van der Waals surface area (Å²) in [6.07, 6.45) is -0.356. The summed E-state index contributed by atoms with van der Waals surface area (Å²) in [5, 5.41) is 13.8. The first-order chi connectivity index (χ1) is 12.5. The van der Waals surface area contributed by atoms with Gasteiger partial charge in [-0.25, -0.2) is 0 Å². The molecule has 7 heteroatoms. The van der Waals surface area contributed by atoms with Gasteiger partial charge in [0.25, 0.3) is 5.91 Å². The van der Waals surface area contributed by atoms with Crippen molar-refractivity contribution in [1.29, 1.82) is 0 Å². The molecule has 0 bridgehead atoms. The second-order valence-electron chi connectivity index (χ2n) is 5.45. The maximum atomic E-state index is 12.6. The number of hydrogen-bond donors (Lipinski definition) is 1. The van der Waals surface area contributed by atoms with Crippen LogP contribution in [0.1, 0.15) is 28.4 Å². The third-order valence-electron chi connectivity index (χ3n) is 3.84. The van der Waals surface area contributed by atoms with E-state index in [1.807, 2.05) is 0 Å². The number of aliphatic carboxylic acids is 1. The second-order valence-corrected chi connectivity index (χ2v) is 5.45. The van der Waals surface area contributed by atoms with E-state index >= 15 is 0 Å².